The van der Waals surface area contributed by atoms with Crippen molar-refractivity contribution in [3.05, 3.63) is 76.8 Å². The van der Waals surface area contributed by atoms with Gasteiger partial charge >= 0.3 is 5.97 Å². The molecule has 1 saturated carbocycles. The number of halogens is 3. The molecule has 1 aliphatic carbocycles. The molecule has 1 aromatic heterocycles. The second-order valence-electron chi connectivity index (χ2n) is 9.42. The number of nitrogens with zero attached hydrogens (tertiary/aromatic N) is 2. The smallest absolute Gasteiger partial charge is 0.305 e. The molecule has 6 nitrogen and oxygen atoms in total. The number of hydrogen-bond acceptors (Lipinski definition) is 5. The zero-order chi connectivity index (χ0) is 26.6. The Labute approximate surface area is 224 Å². The Morgan fingerprint density at radius 1 is 1.03 bits per heavy atom. The zero-order valence-corrected chi connectivity index (χ0v) is 21.6. The number of carbonyl (C=O) groups is 1. The maximum absolute atomic E-state index is 14.3. The summed E-state index contributed by atoms with van der Waals surface area (Å²) in [5.74, 6) is -0.234. The molecule has 0 saturated heterocycles. The molecular weight excluding hydrogens is 514 g/mol. The Morgan fingerprint density at radius 2 is 1.76 bits per heavy atom. The van der Waals surface area contributed by atoms with E-state index in [1.54, 1.807) is 24.3 Å². The molecule has 0 bridgehead atoms. The second-order valence-corrected chi connectivity index (χ2v) is 9.86. The van der Waals surface area contributed by atoms with Crippen LogP contribution in [0.1, 0.15) is 38.2 Å². The van der Waals surface area contributed by atoms with Gasteiger partial charge < -0.3 is 18.8 Å². The Hall–Kier alpha value is -3.65. The number of esters is 1. The van der Waals surface area contributed by atoms with Crippen molar-refractivity contribution in [3.8, 4) is 22.9 Å². The molecule has 0 unspecified atom stereocenters. The van der Waals surface area contributed by atoms with Crippen LogP contribution in [0.2, 0.25) is 5.02 Å². The van der Waals surface area contributed by atoms with Crippen LogP contribution in [0.4, 0.5) is 8.78 Å². The number of carbonyl (C=O) groups excluding carboxylic acids is 1. The first kappa shape index (κ1) is 26.0. The lowest BCUT2D eigenvalue weighted by molar-refractivity contribution is -0.147. The summed E-state index contributed by atoms with van der Waals surface area (Å²) in [6.45, 7) is 2.02. The van der Waals surface area contributed by atoms with E-state index in [-0.39, 0.29) is 6.79 Å². The van der Waals surface area contributed by atoms with Crippen molar-refractivity contribution in [2.24, 2.45) is 5.92 Å². The van der Waals surface area contributed by atoms with E-state index in [1.165, 1.54) is 19.8 Å². The summed E-state index contributed by atoms with van der Waals surface area (Å²) >= 11 is 6.31. The van der Waals surface area contributed by atoms with Crippen LogP contribution < -0.4 is 9.47 Å². The van der Waals surface area contributed by atoms with Gasteiger partial charge in [0.2, 0.25) is 6.79 Å². The van der Waals surface area contributed by atoms with Gasteiger partial charge in [0.05, 0.1) is 23.2 Å². The third-order valence-electron chi connectivity index (χ3n) is 6.68. The Bertz CT molecular complexity index is 1450. The van der Waals surface area contributed by atoms with E-state index in [4.69, 9.17) is 25.8 Å². The summed E-state index contributed by atoms with van der Waals surface area (Å²) < 4.78 is 46.7. The van der Waals surface area contributed by atoms with Crippen molar-refractivity contribution < 1.29 is 27.8 Å². The van der Waals surface area contributed by atoms with E-state index in [0.29, 0.717) is 58.0 Å². The third-order valence-corrected chi connectivity index (χ3v) is 6.91. The van der Waals surface area contributed by atoms with E-state index in [0.717, 1.165) is 30.5 Å². The molecule has 1 heterocycles. The first-order chi connectivity index (χ1) is 18.4. The largest absolute Gasteiger partial charge is 0.492 e. The van der Waals surface area contributed by atoms with Crippen LogP contribution in [0.3, 0.4) is 0 Å². The molecule has 1 aliphatic rings. The minimum atomic E-state index is -0.961. The normalized spacial score (nSPS) is 13.7. The SMILES string of the molecule is CC(=O)OCOc1ccc(Cn2c(-c3ccc(Cl)cc3OCC3CCCC3)nc3cc(F)c(F)cc32)cc1. The lowest BCUT2D eigenvalue weighted by atomic mass is 10.1. The highest BCUT2D eigenvalue weighted by atomic mass is 35.5. The minimum Gasteiger partial charge on any atom is -0.492 e. The highest BCUT2D eigenvalue weighted by Crippen LogP contribution is 2.36. The van der Waals surface area contributed by atoms with Crippen molar-refractivity contribution in [1.29, 1.82) is 0 Å². The molecule has 3 aromatic carbocycles. The summed E-state index contributed by atoms with van der Waals surface area (Å²) in [7, 11) is 0. The molecule has 5 rings (SSSR count). The highest BCUT2D eigenvalue weighted by Gasteiger charge is 2.21. The summed E-state index contributed by atoms with van der Waals surface area (Å²) in [5, 5.41) is 0.527. The van der Waals surface area contributed by atoms with Crippen molar-refractivity contribution in [1.82, 2.24) is 9.55 Å². The molecule has 0 N–H and O–H groups in total. The number of ether oxygens (including phenoxy) is 3. The standard InChI is InChI=1S/C29H27ClF2N2O4/c1-18(35)37-17-38-22-9-6-19(7-10-22)15-34-27-14-25(32)24(31)13-26(27)33-29(34)23-11-8-21(30)12-28(23)36-16-20-4-2-3-5-20/h6-14,20H,2-5,15-17H2,1H3. The van der Waals surface area contributed by atoms with Crippen LogP contribution in [-0.2, 0) is 16.1 Å². The number of fused-ring (bicyclic) bond motifs is 1. The van der Waals surface area contributed by atoms with Gasteiger partial charge in [-0.25, -0.2) is 13.8 Å². The van der Waals surface area contributed by atoms with Crippen molar-refractivity contribution in [2.75, 3.05) is 13.4 Å². The number of rotatable bonds is 9. The fourth-order valence-electron chi connectivity index (χ4n) is 4.72. The molecule has 198 valence electrons. The van der Waals surface area contributed by atoms with E-state index >= 15 is 0 Å². The molecular formula is C29H27ClF2N2O4. The topological polar surface area (TPSA) is 62.6 Å². The van der Waals surface area contributed by atoms with Crippen LogP contribution in [0.15, 0.2) is 54.6 Å². The molecule has 0 radical (unpaired) electrons. The Morgan fingerprint density at radius 3 is 2.50 bits per heavy atom. The van der Waals surface area contributed by atoms with Crippen LogP contribution in [-0.4, -0.2) is 28.9 Å². The van der Waals surface area contributed by atoms with Gasteiger partial charge in [0.1, 0.15) is 17.3 Å². The molecule has 0 atom stereocenters. The summed E-state index contributed by atoms with van der Waals surface area (Å²) in [6, 6.07) is 14.8. The molecule has 38 heavy (non-hydrogen) atoms. The van der Waals surface area contributed by atoms with Crippen LogP contribution in [0.25, 0.3) is 22.4 Å². The maximum Gasteiger partial charge on any atom is 0.305 e. The Kier molecular flexibility index (Phi) is 7.79. The summed E-state index contributed by atoms with van der Waals surface area (Å²) in [4.78, 5) is 15.6. The predicted octanol–water partition coefficient (Wildman–Crippen LogP) is 7.15. The molecule has 1 fully saturated rings. The van der Waals surface area contributed by atoms with Crippen molar-refractivity contribution in [2.45, 2.75) is 39.2 Å². The fourth-order valence-corrected chi connectivity index (χ4v) is 4.89. The molecule has 0 spiro atoms. The quantitative estimate of drug-likeness (QED) is 0.167. The molecule has 9 heteroatoms. The molecule has 0 amide bonds. The van der Waals surface area contributed by atoms with Crippen molar-refractivity contribution in [3.63, 3.8) is 0 Å². The minimum absolute atomic E-state index is 0.184. The van der Waals surface area contributed by atoms with Gasteiger partial charge in [-0.3, -0.25) is 4.79 Å². The third kappa shape index (κ3) is 5.91. The average molecular weight is 541 g/mol. The van der Waals surface area contributed by atoms with Gasteiger partial charge in [-0.05, 0) is 54.7 Å². The van der Waals surface area contributed by atoms with Gasteiger partial charge in [0.25, 0.3) is 0 Å². The highest BCUT2D eigenvalue weighted by molar-refractivity contribution is 6.30. The van der Waals surface area contributed by atoms with Gasteiger partial charge in [0.15, 0.2) is 11.6 Å². The zero-order valence-electron chi connectivity index (χ0n) is 20.9. The number of imidazole rings is 1. The lowest BCUT2D eigenvalue weighted by Gasteiger charge is -2.16. The summed E-state index contributed by atoms with van der Waals surface area (Å²) in [5.41, 5.74) is 2.34. The maximum atomic E-state index is 14.3. The number of aromatic nitrogens is 2. The first-order valence-electron chi connectivity index (χ1n) is 12.5. The predicted molar refractivity (Wildman–Crippen MR) is 140 cm³/mol. The van der Waals surface area contributed by atoms with E-state index in [1.807, 2.05) is 22.8 Å². The molecule has 4 aromatic rings. The van der Waals surface area contributed by atoms with Crippen LogP contribution in [0.5, 0.6) is 11.5 Å². The monoisotopic (exact) mass is 540 g/mol. The average Bonchev–Trinajstić information content (AvgIpc) is 3.53. The lowest BCUT2D eigenvalue weighted by Crippen LogP contribution is -2.10. The fraction of sp³-hybridized carbons (Fsp3) is 0.310. The number of hydrogen-bond donors (Lipinski definition) is 0. The van der Waals surface area contributed by atoms with Crippen LogP contribution >= 0.6 is 11.6 Å². The Balaban J connectivity index is 1.50. The van der Waals surface area contributed by atoms with Crippen molar-refractivity contribution >= 4 is 28.6 Å². The number of benzene rings is 3. The van der Waals surface area contributed by atoms with E-state index in [2.05, 4.69) is 4.98 Å². The second kappa shape index (κ2) is 11.4. The van der Waals surface area contributed by atoms with Gasteiger partial charge in [-0.2, -0.15) is 0 Å². The first-order valence-corrected chi connectivity index (χ1v) is 12.9. The summed E-state index contributed by atoms with van der Waals surface area (Å²) in [6.07, 6.45) is 4.68. The van der Waals surface area contributed by atoms with Gasteiger partial charge in [-0.15, -0.1) is 0 Å². The van der Waals surface area contributed by atoms with Crippen LogP contribution in [0, 0.1) is 17.6 Å². The van der Waals surface area contributed by atoms with E-state index < -0.39 is 17.6 Å². The van der Waals surface area contributed by atoms with Gasteiger partial charge in [0, 0.05) is 30.6 Å². The van der Waals surface area contributed by atoms with E-state index in [9.17, 15) is 13.6 Å². The van der Waals surface area contributed by atoms with Gasteiger partial charge in [-0.1, -0.05) is 36.6 Å². The molecule has 0 aliphatic heterocycles.